The fraction of sp³-hybridized carbons (Fsp3) is 0.250. The van der Waals surface area contributed by atoms with Crippen LogP contribution < -0.4 is 15.1 Å². The zero-order valence-corrected chi connectivity index (χ0v) is 16.8. The van der Waals surface area contributed by atoms with E-state index in [1.165, 1.54) is 17.0 Å². The van der Waals surface area contributed by atoms with Gasteiger partial charge >= 0.3 is 0 Å². The summed E-state index contributed by atoms with van der Waals surface area (Å²) in [6.07, 6.45) is 1.71. The Kier molecular flexibility index (Phi) is 5.73. The number of pyridine rings is 1. The lowest BCUT2D eigenvalue weighted by Crippen LogP contribution is -2.46. The predicted octanol–water partition coefficient (Wildman–Crippen LogP) is 3.45. The van der Waals surface area contributed by atoms with Crippen LogP contribution in [-0.2, 0) is 6.54 Å². The van der Waals surface area contributed by atoms with Crippen molar-refractivity contribution < 1.29 is 4.79 Å². The molecule has 0 atom stereocenters. The zero-order chi connectivity index (χ0) is 19.3. The third-order valence-corrected chi connectivity index (χ3v) is 5.78. The summed E-state index contributed by atoms with van der Waals surface area (Å²) in [7, 11) is 0. The van der Waals surface area contributed by atoms with Crippen molar-refractivity contribution in [2.45, 2.75) is 6.54 Å². The number of amides is 1. The molecule has 0 saturated carbocycles. The molecule has 0 spiro atoms. The van der Waals surface area contributed by atoms with E-state index in [0.717, 1.165) is 42.0 Å². The number of piperazine rings is 1. The van der Waals surface area contributed by atoms with Gasteiger partial charge in [-0.15, -0.1) is 11.3 Å². The second-order valence-electron chi connectivity index (χ2n) is 6.47. The molecular formula is C20H20ClN5OS. The Morgan fingerprint density at radius 1 is 1.07 bits per heavy atom. The minimum Gasteiger partial charge on any atom is -0.368 e. The quantitative estimate of drug-likeness (QED) is 0.694. The number of anilines is 2. The lowest BCUT2D eigenvalue weighted by molar-refractivity contribution is 0.0946. The number of hydrogen-bond acceptors (Lipinski definition) is 6. The largest absolute Gasteiger partial charge is 0.368 e. The Labute approximate surface area is 172 Å². The fourth-order valence-corrected chi connectivity index (χ4v) is 4.07. The molecule has 1 aromatic carbocycles. The Morgan fingerprint density at radius 3 is 2.54 bits per heavy atom. The molecule has 144 valence electrons. The molecule has 1 amide bonds. The van der Waals surface area contributed by atoms with Crippen molar-refractivity contribution in [2.75, 3.05) is 36.0 Å². The number of carbonyl (C=O) groups is 1. The molecule has 4 rings (SSSR count). The number of nitrogens with zero attached hydrogens (tertiary/aromatic N) is 4. The van der Waals surface area contributed by atoms with Crippen LogP contribution in [0.4, 0.5) is 10.8 Å². The highest BCUT2D eigenvalue weighted by atomic mass is 35.5. The molecule has 1 N–H and O–H groups in total. The molecule has 8 heteroatoms. The first-order chi connectivity index (χ1) is 13.7. The van der Waals surface area contributed by atoms with Crippen LogP contribution in [0.1, 0.15) is 16.2 Å². The van der Waals surface area contributed by atoms with E-state index in [1.54, 1.807) is 6.20 Å². The van der Waals surface area contributed by atoms with Crippen LogP contribution in [0.25, 0.3) is 0 Å². The molecule has 28 heavy (non-hydrogen) atoms. The molecule has 2 aromatic heterocycles. The summed E-state index contributed by atoms with van der Waals surface area (Å²) in [5, 5.41) is 6.32. The molecule has 1 fully saturated rings. The lowest BCUT2D eigenvalue weighted by atomic mass is 10.2. The third kappa shape index (κ3) is 4.43. The van der Waals surface area contributed by atoms with Crippen molar-refractivity contribution in [1.82, 2.24) is 15.3 Å². The minimum absolute atomic E-state index is 0.173. The van der Waals surface area contributed by atoms with Gasteiger partial charge in [0.05, 0.1) is 12.2 Å². The van der Waals surface area contributed by atoms with Crippen LogP contribution in [0.3, 0.4) is 0 Å². The number of carbonyl (C=O) groups excluding carboxylic acids is 1. The number of halogens is 1. The molecule has 6 nitrogen and oxygen atoms in total. The third-order valence-electron chi connectivity index (χ3n) is 4.62. The van der Waals surface area contributed by atoms with E-state index in [2.05, 4.69) is 25.1 Å². The summed E-state index contributed by atoms with van der Waals surface area (Å²) in [4.78, 5) is 25.6. The minimum atomic E-state index is -0.173. The molecule has 3 aromatic rings. The van der Waals surface area contributed by atoms with Crippen LogP contribution in [-0.4, -0.2) is 42.1 Å². The summed E-state index contributed by atoms with van der Waals surface area (Å²) in [6.45, 7) is 3.94. The SMILES string of the molecule is O=C(NCc1ccccn1)c1csc(N2CCN(c3ccc(Cl)cc3)CC2)n1. The van der Waals surface area contributed by atoms with Gasteiger partial charge in [-0.3, -0.25) is 9.78 Å². The van der Waals surface area contributed by atoms with E-state index < -0.39 is 0 Å². The Balaban J connectivity index is 1.32. The number of hydrogen-bond donors (Lipinski definition) is 1. The first-order valence-corrected chi connectivity index (χ1v) is 10.3. The van der Waals surface area contributed by atoms with Gasteiger partial charge in [0.2, 0.25) is 0 Å². The van der Waals surface area contributed by atoms with Gasteiger partial charge in [-0.05, 0) is 36.4 Å². The maximum Gasteiger partial charge on any atom is 0.271 e. The molecule has 1 saturated heterocycles. The summed E-state index contributed by atoms with van der Waals surface area (Å²) in [6, 6.07) is 13.6. The molecule has 0 bridgehead atoms. The monoisotopic (exact) mass is 413 g/mol. The molecule has 1 aliphatic rings. The van der Waals surface area contributed by atoms with E-state index in [9.17, 15) is 4.79 Å². The second-order valence-corrected chi connectivity index (χ2v) is 7.74. The first kappa shape index (κ1) is 18.7. The molecular weight excluding hydrogens is 394 g/mol. The van der Waals surface area contributed by atoms with E-state index in [4.69, 9.17) is 11.6 Å². The van der Waals surface area contributed by atoms with Crippen molar-refractivity contribution in [3.05, 3.63) is 70.5 Å². The van der Waals surface area contributed by atoms with Gasteiger partial charge in [-0.25, -0.2) is 4.98 Å². The summed E-state index contributed by atoms with van der Waals surface area (Å²) in [5.74, 6) is -0.173. The average Bonchev–Trinajstić information content (AvgIpc) is 3.24. The Morgan fingerprint density at radius 2 is 1.82 bits per heavy atom. The fourth-order valence-electron chi connectivity index (χ4n) is 3.09. The number of aromatic nitrogens is 2. The zero-order valence-electron chi connectivity index (χ0n) is 15.2. The van der Waals surface area contributed by atoms with Crippen LogP contribution in [0.15, 0.2) is 54.0 Å². The standard InChI is InChI=1S/C20H20ClN5OS/c21-15-4-6-17(7-5-15)25-9-11-26(12-10-25)20-24-18(14-28-20)19(27)23-13-16-3-1-2-8-22-16/h1-8,14H,9-13H2,(H,23,27). The van der Waals surface area contributed by atoms with Gasteiger partial charge in [-0.2, -0.15) is 0 Å². The number of nitrogens with one attached hydrogen (secondary N) is 1. The van der Waals surface area contributed by atoms with Crippen LogP contribution in [0.2, 0.25) is 5.02 Å². The van der Waals surface area contributed by atoms with Crippen molar-refractivity contribution in [3.63, 3.8) is 0 Å². The van der Waals surface area contributed by atoms with Gasteiger partial charge in [-0.1, -0.05) is 17.7 Å². The van der Waals surface area contributed by atoms with Gasteiger partial charge < -0.3 is 15.1 Å². The van der Waals surface area contributed by atoms with Crippen molar-refractivity contribution in [2.24, 2.45) is 0 Å². The normalized spacial score (nSPS) is 14.2. The highest BCUT2D eigenvalue weighted by Gasteiger charge is 2.21. The maximum absolute atomic E-state index is 12.3. The Hall–Kier alpha value is -2.64. The molecule has 0 unspecified atom stereocenters. The van der Waals surface area contributed by atoms with Crippen molar-refractivity contribution in [3.8, 4) is 0 Å². The van der Waals surface area contributed by atoms with Gasteiger partial charge in [0, 0.05) is 48.5 Å². The molecule has 3 heterocycles. The summed E-state index contributed by atoms with van der Waals surface area (Å²) in [5.41, 5.74) is 2.46. The van der Waals surface area contributed by atoms with Crippen molar-refractivity contribution in [1.29, 1.82) is 0 Å². The number of thiazole rings is 1. The van der Waals surface area contributed by atoms with E-state index >= 15 is 0 Å². The number of rotatable bonds is 5. The molecule has 0 radical (unpaired) electrons. The summed E-state index contributed by atoms with van der Waals surface area (Å²) >= 11 is 7.48. The van der Waals surface area contributed by atoms with Gasteiger partial charge in [0.1, 0.15) is 5.69 Å². The average molecular weight is 414 g/mol. The maximum atomic E-state index is 12.3. The van der Waals surface area contributed by atoms with E-state index in [0.29, 0.717) is 12.2 Å². The first-order valence-electron chi connectivity index (χ1n) is 9.08. The van der Waals surface area contributed by atoms with Crippen molar-refractivity contribution >= 4 is 39.7 Å². The summed E-state index contributed by atoms with van der Waals surface area (Å²) < 4.78 is 0. The van der Waals surface area contributed by atoms with Gasteiger partial charge in [0.15, 0.2) is 5.13 Å². The molecule has 0 aliphatic carbocycles. The van der Waals surface area contributed by atoms with Crippen LogP contribution in [0.5, 0.6) is 0 Å². The Bertz CT molecular complexity index is 923. The predicted molar refractivity (Wildman–Crippen MR) is 113 cm³/mol. The smallest absolute Gasteiger partial charge is 0.271 e. The molecule has 1 aliphatic heterocycles. The topological polar surface area (TPSA) is 61.4 Å². The second kappa shape index (κ2) is 8.58. The van der Waals surface area contributed by atoms with Crippen LogP contribution >= 0.6 is 22.9 Å². The van der Waals surface area contributed by atoms with Crippen LogP contribution in [0, 0.1) is 0 Å². The van der Waals surface area contributed by atoms with E-state index in [1.807, 2.05) is 47.8 Å². The highest BCUT2D eigenvalue weighted by Crippen LogP contribution is 2.24. The number of benzene rings is 1. The van der Waals surface area contributed by atoms with Gasteiger partial charge in [0.25, 0.3) is 5.91 Å². The highest BCUT2D eigenvalue weighted by molar-refractivity contribution is 7.13. The lowest BCUT2D eigenvalue weighted by Gasteiger charge is -2.36. The van der Waals surface area contributed by atoms with E-state index in [-0.39, 0.29) is 5.91 Å².